The molecule has 5 heteroatoms. The van der Waals surface area contributed by atoms with Crippen molar-refractivity contribution >= 4 is 5.91 Å². The van der Waals surface area contributed by atoms with Gasteiger partial charge in [0.1, 0.15) is 0 Å². The highest BCUT2D eigenvalue weighted by Crippen LogP contribution is 2.16. The maximum atomic E-state index is 13.2. The number of aromatic hydroxyl groups is 1. The molecular weight excluding hydrogens is 247 g/mol. The van der Waals surface area contributed by atoms with E-state index in [9.17, 15) is 9.18 Å². The number of nitrogens with zero attached hydrogens (tertiary/aromatic N) is 1. The Kier molecular flexibility index (Phi) is 5.76. The molecule has 0 atom stereocenters. The molecule has 19 heavy (non-hydrogen) atoms. The van der Waals surface area contributed by atoms with Gasteiger partial charge in [-0.1, -0.05) is 19.9 Å². The lowest BCUT2D eigenvalue weighted by Gasteiger charge is -2.17. The predicted molar refractivity (Wildman–Crippen MR) is 72.2 cm³/mol. The second-order valence-electron chi connectivity index (χ2n) is 5.16. The average Bonchev–Trinajstić information content (AvgIpc) is 2.31. The highest BCUT2D eigenvalue weighted by molar-refractivity contribution is 5.77. The lowest BCUT2D eigenvalue weighted by Crippen LogP contribution is -2.36. The Morgan fingerprint density at radius 3 is 2.74 bits per heavy atom. The van der Waals surface area contributed by atoms with Crippen molar-refractivity contribution in [3.8, 4) is 5.75 Å². The molecule has 0 aliphatic rings. The number of rotatable bonds is 6. The van der Waals surface area contributed by atoms with Crippen LogP contribution in [0.2, 0.25) is 0 Å². The van der Waals surface area contributed by atoms with Crippen LogP contribution in [-0.2, 0) is 11.3 Å². The van der Waals surface area contributed by atoms with E-state index in [1.807, 2.05) is 13.8 Å². The molecule has 1 aromatic rings. The summed E-state index contributed by atoms with van der Waals surface area (Å²) < 4.78 is 13.2. The zero-order valence-electron chi connectivity index (χ0n) is 11.6. The van der Waals surface area contributed by atoms with E-state index >= 15 is 0 Å². The van der Waals surface area contributed by atoms with Gasteiger partial charge in [0, 0.05) is 13.1 Å². The molecule has 1 aromatic carbocycles. The van der Waals surface area contributed by atoms with Crippen LogP contribution in [0.25, 0.3) is 0 Å². The van der Waals surface area contributed by atoms with Gasteiger partial charge in [0.2, 0.25) is 5.91 Å². The van der Waals surface area contributed by atoms with Gasteiger partial charge in [-0.05, 0) is 30.7 Å². The number of hydrogen-bond acceptors (Lipinski definition) is 3. The van der Waals surface area contributed by atoms with Crippen LogP contribution in [0.1, 0.15) is 19.4 Å². The Hall–Kier alpha value is -1.62. The number of hydrogen-bond donors (Lipinski definition) is 2. The summed E-state index contributed by atoms with van der Waals surface area (Å²) in [5.74, 6) is -0.632. The van der Waals surface area contributed by atoms with Crippen LogP contribution in [-0.4, -0.2) is 36.1 Å². The van der Waals surface area contributed by atoms with Crippen molar-refractivity contribution in [3.63, 3.8) is 0 Å². The average molecular weight is 268 g/mol. The minimum Gasteiger partial charge on any atom is -0.505 e. The lowest BCUT2D eigenvalue weighted by atomic mass is 10.2. The van der Waals surface area contributed by atoms with E-state index in [2.05, 4.69) is 5.32 Å². The van der Waals surface area contributed by atoms with Gasteiger partial charge in [0.25, 0.3) is 0 Å². The van der Waals surface area contributed by atoms with Crippen molar-refractivity contribution < 1.29 is 14.3 Å². The van der Waals surface area contributed by atoms with E-state index in [-0.39, 0.29) is 18.2 Å². The summed E-state index contributed by atoms with van der Waals surface area (Å²) in [6.07, 6.45) is 0. The largest absolute Gasteiger partial charge is 0.505 e. The van der Waals surface area contributed by atoms with Crippen LogP contribution >= 0.6 is 0 Å². The number of phenolic OH excluding ortho intramolecular Hbond substituents is 1. The molecule has 0 heterocycles. The minimum absolute atomic E-state index is 0.0459. The molecular formula is C14H21FN2O2. The Balaban J connectivity index is 2.44. The Bertz CT molecular complexity index is 435. The molecule has 1 amide bonds. The van der Waals surface area contributed by atoms with Crippen molar-refractivity contribution in [2.75, 3.05) is 20.1 Å². The monoisotopic (exact) mass is 268 g/mol. The molecule has 0 unspecified atom stereocenters. The summed E-state index contributed by atoms with van der Waals surface area (Å²) in [6.45, 7) is 5.43. The van der Waals surface area contributed by atoms with Crippen molar-refractivity contribution in [2.24, 2.45) is 5.92 Å². The normalized spacial score (nSPS) is 11.1. The third kappa shape index (κ3) is 5.70. The fourth-order valence-corrected chi connectivity index (χ4v) is 1.64. The number of phenols is 1. The number of amides is 1. The van der Waals surface area contributed by atoms with E-state index in [1.54, 1.807) is 18.0 Å². The minimum atomic E-state index is -0.643. The summed E-state index contributed by atoms with van der Waals surface area (Å²) >= 11 is 0. The van der Waals surface area contributed by atoms with Crippen molar-refractivity contribution in [1.82, 2.24) is 10.2 Å². The summed E-state index contributed by atoms with van der Waals surface area (Å²) in [6, 6.07) is 4.23. The standard InChI is InChI=1S/C14H21FN2O2/c1-10(2)7-16-14(19)9-17(3)8-11-4-5-13(18)12(15)6-11/h4-6,10,18H,7-9H2,1-3H3,(H,16,19). The fraction of sp³-hybridized carbons (Fsp3) is 0.500. The zero-order valence-corrected chi connectivity index (χ0v) is 11.6. The zero-order chi connectivity index (χ0) is 14.4. The molecule has 1 rings (SSSR count). The number of carbonyl (C=O) groups excluding carboxylic acids is 1. The molecule has 0 saturated carbocycles. The van der Waals surface area contributed by atoms with Crippen LogP contribution in [0.15, 0.2) is 18.2 Å². The first-order valence-electron chi connectivity index (χ1n) is 6.31. The van der Waals surface area contributed by atoms with Crippen LogP contribution in [0.3, 0.4) is 0 Å². The highest BCUT2D eigenvalue weighted by Gasteiger charge is 2.09. The number of halogens is 1. The van der Waals surface area contributed by atoms with Gasteiger partial charge >= 0.3 is 0 Å². The van der Waals surface area contributed by atoms with Gasteiger partial charge < -0.3 is 10.4 Å². The molecule has 106 valence electrons. The van der Waals surface area contributed by atoms with Crippen LogP contribution in [0.5, 0.6) is 5.75 Å². The summed E-state index contributed by atoms with van der Waals surface area (Å²) in [7, 11) is 1.79. The van der Waals surface area contributed by atoms with Gasteiger partial charge in [-0.3, -0.25) is 9.69 Å². The van der Waals surface area contributed by atoms with E-state index in [0.29, 0.717) is 19.0 Å². The third-order valence-corrected chi connectivity index (χ3v) is 2.59. The molecule has 0 aliphatic carbocycles. The van der Waals surface area contributed by atoms with E-state index in [1.165, 1.54) is 12.1 Å². The highest BCUT2D eigenvalue weighted by atomic mass is 19.1. The van der Waals surface area contributed by atoms with Crippen LogP contribution in [0.4, 0.5) is 4.39 Å². The topological polar surface area (TPSA) is 52.6 Å². The SMILES string of the molecule is CC(C)CNC(=O)CN(C)Cc1ccc(O)c(F)c1. The quantitative estimate of drug-likeness (QED) is 0.826. The van der Waals surface area contributed by atoms with E-state index in [4.69, 9.17) is 5.11 Å². The summed E-state index contributed by atoms with van der Waals surface area (Å²) in [5.41, 5.74) is 0.717. The van der Waals surface area contributed by atoms with Gasteiger partial charge in [-0.25, -0.2) is 4.39 Å². The van der Waals surface area contributed by atoms with Gasteiger partial charge in [-0.2, -0.15) is 0 Å². The fourth-order valence-electron chi connectivity index (χ4n) is 1.64. The first-order valence-corrected chi connectivity index (χ1v) is 6.31. The van der Waals surface area contributed by atoms with E-state index < -0.39 is 5.82 Å². The Morgan fingerprint density at radius 2 is 2.16 bits per heavy atom. The van der Waals surface area contributed by atoms with Crippen LogP contribution in [0, 0.1) is 11.7 Å². The number of likely N-dealkylation sites (N-methyl/N-ethyl adjacent to an activating group) is 1. The van der Waals surface area contributed by atoms with Gasteiger partial charge in [-0.15, -0.1) is 0 Å². The number of benzene rings is 1. The van der Waals surface area contributed by atoms with Crippen molar-refractivity contribution in [2.45, 2.75) is 20.4 Å². The third-order valence-electron chi connectivity index (χ3n) is 2.59. The van der Waals surface area contributed by atoms with Gasteiger partial charge in [0.05, 0.1) is 6.54 Å². The second kappa shape index (κ2) is 7.09. The van der Waals surface area contributed by atoms with Crippen molar-refractivity contribution in [3.05, 3.63) is 29.6 Å². The molecule has 0 bridgehead atoms. The first kappa shape index (κ1) is 15.4. The van der Waals surface area contributed by atoms with Crippen molar-refractivity contribution in [1.29, 1.82) is 0 Å². The molecule has 0 fully saturated rings. The Labute approximate surface area is 113 Å². The predicted octanol–water partition coefficient (Wildman–Crippen LogP) is 1.74. The Morgan fingerprint density at radius 1 is 1.47 bits per heavy atom. The summed E-state index contributed by atoms with van der Waals surface area (Å²) in [4.78, 5) is 13.4. The molecule has 0 spiro atoms. The molecule has 4 nitrogen and oxygen atoms in total. The lowest BCUT2D eigenvalue weighted by molar-refractivity contribution is -0.122. The molecule has 0 saturated heterocycles. The van der Waals surface area contributed by atoms with E-state index in [0.717, 1.165) is 5.56 Å². The van der Waals surface area contributed by atoms with Crippen LogP contribution < -0.4 is 5.32 Å². The number of carbonyl (C=O) groups is 1. The first-order chi connectivity index (χ1) is 8.88. The maximum absolute atomic E-state index is 13.2. The molecule has 0 aromatic heterocycles. The summed E-state index contributed by atoms with van der Waals surface area (Å²) in [5, 5.41) is 11.9. The number of nitrogens with one attached hydrogen (secondary N) is 1. The van der Waals surface area contributed by atoms with Gasteiger partial charge in [0.15, 0.2) is 11.6 Å². The smallest absolute Gasteiger partial charge is 0.234 e. The molecule has 0 radical (unpaired) electrons. The molecule has 0 aliphatic heterocycles. The molecule has 2 N–H and O–H groups in total. The second-order valence-corrected chi connectivity index (χ2v) is 5.16. The maximum Gasteiger partial charge on any atom is 0.234 e.